The first kappa shape index (κ1) is 18.8. The SMILES string of the molecule is CC(C)NC(=NCC(=O)N(C)C)NC1CCCC(C(C)C)C1. The van der Waals surface area contributed by atoms with Crippen molar-refractivity contribution in [2.45, 2.75) is 65.5 Å². The van der Waals surface area contributed by atoms with Crippen LogP contribution in [0.1, 0.15) is 53.4 Å². The Bertz CT molecular complexity index is 377. The van der Waals surface area contributed by atoms with Gasteiger partial charge in [-0.15, -0.1) is 0 Å². The van der Waals surface area contributed by atoms with Gasteiger partial charge >= 0.3 is 0 Å². The zero-order valence-corrected chi connectivity index (χ0v) is 15.1. The monoisotopic (exact) mass is 310 g/mol. The van der Waals surface area contributed by atoms with E-state index in [1.807, 2.05) is 0 Å². The molecule has 0 radical (unpaired) electrons. The van der Waals surface area contributed by atoms with Crippen molar-refractivity contribution < 1.29 is 4.79 Å². The third-order valence-electron chi connectivity index (χ3n) is 4.30. The second-order valence-corrected chi connectivity index (χ2v) is 7.26. The maximum absolute atomic E-state index is 11.7. The molecule has 128 valence electrons. The first-order valence-electron chi connectivity index (χ1n) is 8.57. The van der Waals surface area contributed by atoms with Gasteiger partial charge in [0.25, 0.3) is 0 Å². The molecule has 22 heavy (non-hydrogen) atoms. The van der Waals surface area contributed by atoms with Gasteiger partial charge < -0.3 is 15.5 Å². The molecule has 0 heterocycles. The van der Waals surface area contributed by atoms with Crippen molar-refractivity contribution in [3.05, 3.63) is 0 Å². The van der Waals surface area contributed by atoms with E-state index in [1.165, 1.54) is 25.7 Å². The zero-order chi connectivity index (χ0) is 16.7. The molecule has 0 aromatic heterocycles. The summed E-state index contributed by atoms with van der Waals surface area (Å²) < 4.78 is 0. The number of aliphatic imine (C=N–C) groups is 1. The summed E-state index contributed by atoms with van der Waals surface area (Å²) in [6.07, 6.45) is 4.98. The number of nitrogens with zero attached hydrogens (tertiary/aromatic N) is 2. The fourth-order valence-corrected chi connectivity index (χ4v) is 2.85. The van der Waals surface area contributed by atoms with Crippen LogP contribution in [0.4, 0.5) is 0 Å². The Morgan fingerprint density at radius 2 is 1.91 bits per heavy atom. The standard InChI is InChI=1S/C17H34N4O/c1-12(2)14-8-7-9-15(10-14)20-17(19-13(3)4)18-11-16(22)21(5)6/h12-15H,7-11H2,1-6H3,(H2,18,19,20). The van der Waals surface area contributed by atoms with E-state index in [-0.39, 0.29) is 12.5 Å². The zero-order valence-electron chi connectivity index (χ0n) is 15.1. The number of guanidine groups is 1. The quantitative estimate of drug-likeness (QED) is 0.605. The van der Waals surface area contributed by atoms with Gasteiger partial charge in [0.15, 0.2) is 5.96 Å². The summed E-state index contributed by atoms with van der Waals surface area (Å²) in [5.41, 5.74) is 0. The third kappa shape index (κ3) is 6.67. The molecule has 0 aromatic carbocycles. The Balaban J connectivity index is 2.64. The maximum atomic E-state index is 11.7. The first-order valence-corrected chi connectivity index (χ1v) is 8.57. The maximum Gasteiger partial charge on any atom is 0.243 e. The van der Waals surface area contributed by atoms with Crippen molar-refractivity contribution in [2.24, 2.45) is 16.8 Å². The molecule has 1 amide bonds. The molecular weight excluding hydrogens is 276 g/mol. The molecule has 0 saturated heterocycles. The summed E-state index contributed by atoms with van der Waals surface area (Å²) in [7, 11) is 3.52. The van der Waals surface area contributed by atoms with E-state index in [0.29, 0.717) is 12.1 Å². The first-order chi connectivity index (χ1) is 10.3. The lowest BCUT2D eigenvalue weighted by molar-refractivity contribution is -0.127. The van der Waals surface area contributed by atoms with E-state index in [0.717, 1.165) is 17.8 Å². The van der Waals surface area contributed by atoms with Crippen LogP contribution in [0.5, 0.6) is 0 Å². The highest BCUT2D eigenvalue weighted by molar-refractivity contribution is 5.85. The Kier molecular flexibility index (Phi) is 7.69. The molecular formula is C17H34N4O. The highest BCUT2D eigenvalue weighted by Crippen LogP contribution is 2.29. The van der Waals surface area contributed by atoms with Crippen molar-refractivity contribution in [3.8, 4) is 0 Å². The molecule has 1 rings (SSSR count). The Hall–Kier alpha value is -1.26. The Morgan fingerprint density at radius 3 is 2.45 bits per heavy atom. The van der Waals surface area contributed by atoms with E-state index in [9.17, 15) is 4.79 Å². The fraction of sp³-hybridized carbons (Fsp3) is 0.882. The lowest BCUT2D eigenvalue weighted by Gasteiger charge is -2.33. The summed E-state index contributed by atoms with van der Waals surface area (Å²) in [4.78, 5) is 17.8. The molecule has 0 aliphatic heterocycles. The second-order valence-electron chi connectivity index (χ2n) is 7.26. The predicted molar refractivity (Wildman–Crippen MR) is 93.0 cm³/mol. The molecule has 0 spiro atoms. The van der Waals surface area contributed by atoms with E-state index in [2.05, 4.69) is 43.3 Å². The topological polar surface area (TPSA) is 56.7 Å². The molecule has 1 fully saturated rings. The lowest BCUT2D eigenvalue weighted by atomic mass is 9.79. The van der Waals surface area contributed by atoms with Crippen LogP contribution in [0.2, 0.25) is 0 Å². The van der Waals surface area contributed by atoms with Gasteiger partial charge in [0.05, 0.1) is 0 Å². The average Bonchev–Trinajstić information content (AvgIpc) is 2.43. The van der Waals surface area contributed by atoms with Crippen molar-refractivity contribution >= 4 is 11.9 Å². The normalized spacial score (nSPS) is 22.8. The minimum Gasteiger partial charge on any atom is -0.354 e. The van der Waals surface area contributed by atoms with Crippen LogP contribution in [0.15, 0.2) is 4.99 Å². The summed E-state index contributed by atoms with van der Waals surface area (Å²) in [5.74, 6) is 2.31. The average molecular weight is 310 g/mol. The van der Waals surface area contributed by atoms with Gasteiger partial charge in [0, 0.05) is 26.2 Å². The smallest absolute Gasteiger partial charge is 0.243 e. The minimum absolute atomic E-state index is 0.0218. The van der Waals surface area contributed by atoms with Crippen LogP contribution in [0.25, 0.3) is 0 Å². The van der Waals surface area contributed by atoms with Gasteiger partial charge in [-0.1, -0.05) is 26.7 Å². The van der Waals surface area contributed by atoms with E-state index < -0.39 is 0 Å². The molecule has 1 saturated carbocycles. The Morgan fingerprint density at radius 1 is 1.23 bits per heavy atom. The predicted octanol–water partition coefficient (Wildman–Crippen LogP) is 2.23. The molecule has 5 heteroatoms. The summed E-state index contributed by atoms with van der Waals surface area (Å²) >= 11 is 0. The highest BCUT2D eigenvalue weighted by Gasteiger charge is 2.24. The van der Waals surface area contributed by atoms with Gasteiger partial charge in [-0.25, -0.2) is 4.99 Å². The van der Waals surface area contributed by atoms with Gasteiger partial charge in [-0.05, 0) is 38.5 Å². The number of rotatable bonds is 5. The number of nitrogens with one attached hydrogen (secondary N) is 2. The molecule has 1 aliphatic carbocycles. The van der Waals surface area contributed by atoms with E-state index >= 15 is 0 Å². The summed E-state index contributed by atoms with van der Waals surface area (Å²) in [5, 5.41) is 6.87. The number of carbonyl (C=O) groups is 1. The van der Waals surface area contributed by atoms with Gasteiger partial charge in [-0.2, -0.15) is 0 Å². The summed E-state index contributed by atoms with van der Waals surface area (Å²) in [6.45, 7) is 8.98. The molecule has 0 bridgehead atoms. The largest absolute Gasteiger partial charge is 0.354 e. The highest BCUT2D eigenvalue weighted by atomic mass is 16.2. The van der Waals surface area contributed by atoms with Crippen LogP contribution < -0.4 is 10.6 Å². The fourth-order valence-electron chi connectivity index (χ4n) is 2.85. The molecule has 2 atom stereocenters. The van der Waals surface area contributed by atoms with Gasteiger partial charge in [0.1, 0.15) is 6.54 Å². The number of amides is 1. The number of hydrogen-bond donors (Lipinski definition) is 2. The number of likely N-dealkylation sites (N-methyl/N-ethyl adjacent to an activating group) is 1. The van der Waals surface area contributed by atoms with Crippen molar-refractivity contribution in [3.63, 3.8) is 0 Å². The van der Waals surface area contributed by atoms with E-state index in [1.54, 1.807) is 19.0 Å². The molecule has 2 N–H and O–H groups in total. The van der Waals surface area contributed by atoms with Crippen LogP contribution >= 0.6 is 0 Å². The third-order valence-corrected chi connectivity index (χ3v) is 4.30. The van der Waals surface area contributed by atoms with Gasteiger partial charge in [0.2, 0.25) is 5.91 Å². The van der Waals surface area contributed by atoms with Crippen molar-refractivity contribution in [2.75, 3.05) is 20.6 Å². The molecule has 1 aliphatic rings. The molecule has 0 aromatic rings. The second kappa shape index (κ2) is 9.01. The van der Waals surface area contributed by atoms with Crippen molar-refractivity contribution in [1.82, 2.24) is 15.5 Å². The molecule has 5 nitrogen and oxygen atoms in total. The number of hydrogen-bond acceptors (Lipinski definition) is 2. The molecule has 2 unspecified atom stereocenters. The van der Waals surface area contributed by atoms with Crippen LogP contribution in [0.3, 0.4) is 0 Å². The van der Waals surface area contributed by atoms with E-state index in [4.69, 9.17) is 0 Å². The lowest BCUT2D eigenvalue weighted by Crippen LogP contribution is -2.48. The van der Waals surface area contributed by atoms with Gasteiger partial charge in [-0.3, -0.25) is 4.79 Å². The summed E-state index contributed by atoms with van der Waals surface area (Å²) in [6, 6.07) is 0.755. The van der Waals surface area contributed by atoms with Crippen LogP contribution in [-0.4, -0.2) is 49.5 Å². The minimum atomic E-state index is 0.0218. The Labute approximate surface area is 135 Å². The number of carbonyl (C=O) groups excluding carboxylic acids is 1. The van der Waals surface area contributed by atoms with Crippen molar-refractivity contribution in [1.29, 1.82) is 0 Å². The van der Waals surface area contributed by atoms with Crippen LogP contribution in [-0.2, 0) is 4.79 Å². The van der Waals surface area contributed by atoms with Crippen LogP contribution in [0, 0.1) is 11.8 Å².